The van der Waals surface area contributed by atoms with Gasteiger partial charge in [-0.3, -0.25) is 9.59 Å². The van der Waals surface area contributed by atoms with E-state index in [1.807, 2.05) is 0 Å². The molecule has 74 valence electrons. The van der Waals surface area contributed by atoms with Crippen LogP contribution in [0.25, 0.3) is 0 Å². The molecule has 0 radical (unpaired) electrons. The van der Waals surface area contributed by atoms with Crippen LogP contribution in [-0.2, 0) is 9.59 Å². The van der Waals surface area contributed by atoms with Crippen LogP contribution in [0.5, 0.6) is 0 Å². The van der Waals surface area contributed by atoms with Crippen molar-refractivity contribution in [3.8, 4) is 0 Å². The van der Waals surface area contributed by atoms with E-state index in [4.69, 9.17) is 5.11 Å². The molecule has 0 aromatic heterocycles. The molecule has 0 spiro atoms. The summed E-state index contributed by atoms with van der Waals surface area (Å²) in [6.45, 7) is 2.18. The molecule has 1 aliphatic rings. The SMILES string of the molecule is CC1CCC(C(=O)CC(=O)O)CC1. The highest BCUT2D eigenvalue weighted by atomic mass is 16.4. The van der Waals surface area contributed by atoms with Crippen molar-refractivity contribution in [1.29, 1.82) is 0 Å². The molecule has 0 atom stereocenters. The van der Waals surface area contributed by atoms with Crippen molar-refractivity contribution in [3.63, 3.8) is 0 Å². The summed E-state index contributed by atoms with van der Waals surface area (Å²) in [4.78, 5) is 21.6. The van der Waals surface area contributed by atoms with Crippen LogP contribution >= 0.6 is 0 Å². The zero-order valence-corrected chi connectivity index (χ0v) is 7.95. The number of aliphatic carboxylic acids is 1. The Balaban J connectivity index is 2.36. The lowest BCUT2D eigenvalue weighted by Crippen LogP contribution is -2.22. The molecule has 3 heteroatoms. The van der Waals surface area contributed by atoms with Crippen molar-refractivity contribution in [1.82, 2.24) is 0 Å². The third-order valence-corrected chi connectivity index (χ3v) is 2.80. The lowest BCUT2D eigenvalue weighted by atomic mass is 9.80. The van der Waals surface area contributed by atoms with Gasteiger partial charge in [0.2, 0.25) is 0 Å². The average Bonchev–Trinajstić information content (AvgIpc) is 2.04. The van der Waals surface area contributed by atoms with Crippen molar-refractivity contribution < 1.29 is 14.7 Å². The van der Waals surface area contributed by atoms with Crippen molar-refractivity contribution in [2.45, 2.75) is 39.0 Å². The van der Waals surface area contributed by atoms with Gasteiger partial charge >= 0.3 is 5.97 Å². The Kier molecular flexibility index (Phi) is 3.46. The molecule has 0 saturated heterocycles. The Morgan fingerprint density at radius 2 is 1.77 bits per heavy atom. The summed E-state index contributed by atoms with van der Waals surface area (Å²) in [5.41, 5.74) is 0. The lowest BCUT2D eigenvalue weighted by Gasteiger charge is -2.24. The summed E-state index contributed by atoms with van der Waals surface area (Å²) in [6, 6.07) is 0. The smallest absolute Gasteiger partial charge is 0.310 e. The topological polar surface area (TPSA) is 54.4 Å². The summed E-state index contributed by atoms with van der Waals surface area (Å²) in [5.74, 6) is -0.357. The first kappa shape index (κ1) is 10.2. The van der Waals surface area contributed by atoms with Crippen LogP contribution in [0.2, 0.25) is 0 Å². The van der Waals surface area contributed by atoms with Gasteiger partial charge in [-0.2, -0.15) is 0 Å². The number of carboxylic acids is 1. The van der Waals surface area contributed by atoms with Gasteiger partial charge in [0.25, 0.3) is 0 Å². The van der Waals surface area contributed by atoms with Gasteiger partial charge in [-0.05, 0) is 18.8 Å². The molecule has 13 heavy (non-hydrogen) atoms. The third-order valence-electron chi connectivity index (χ3n) is 2.80. The first-order valence-corrected chi connectivity index (χ1v) is 4.84. The minimum Gasteiger partial charge on any atom is -0.481 e. The molecule has 1 N–H and O–H groups in total. The molecule has 0 aromatic carbocycles. The zero-order valence-electron chi connectivity index (χ0n) is 7.95. The predicted molar refractivity (Wildman–Crippen MR) is 48.4 cm³/mol. The number of hydrogen-bond donors (Lipinski definition) is 1. The fraction of sp³-hybridized carbons (Fsp3) is 0.800. The third kappa shape index (κ3) is 3.17. The Labute approximate surface area is 78.1 Å². The van der Waals surface area contributed by atoms with E-state index in [-0.39, 0.29) is 18.1 Å². The quantitative estimate of drug-likeness (QED) is 0.681. The van der Waals surface area contributed by atoms with Crippen LogP contribution in [0.1, 0.15) is 39.0 Å². The van der Waals surface area contributed by atoms with Crippen molar-refractivity contribution in [3.05, 3.63) is 0 Å². The number of carbonyl (C=O) groups is 2. The number of carboxylic acid groups (broad SMARTS) is 1. The molecule has 0 unspecified atom stereocenters. The molecule has 1 fully saturated rings. The van der Waals surface area contributed by atoms with Crippen LogP contribution in [0.15, 0.2) is 0 Å². The number of rotatable bonds is 3. The maximum Gasteiger partial charge on any atom is 0.310 e. The van der Waals surface area contributed by atoms with Gasteiger partial charge in [-0.1, -0.05) is 19.8 Å². The van der Waals surface area contributed by atoms with Crippen molar-refractivity contribution in [2.75, 3.05) is 0 Å². The fourth-order valence-electron chi connectivity index (χ4n) is 1.88. The van der Waals surface area contributed by atoms with Gasteiger partial charge < -0.3 is 5.11 Å². The minimum absolute atomic E-state index is 0.0206. The first-order valence-electron chi connectivity index (χ1n) is 4.84. The predicted octanol–water partition coefficient (Wildman–Crippen LogP) is 1.86. The molecule has 0 bridgehead atoms. The molecule has 0 amide bonds. The summed E-state index contributed by atoms with van der Waals surface area (Å²) < 4.78 is 0. The molecule has 1 rings (SSSR count). The number of hydrogen-bond acceptors (Lipinski definition) is 2. The van der Waals surface area contributed by atoms with Crippen LogP contribution in [0, 0.1) is 11.8 Å². The van der Waals surface area contributed by atoms with Gasteiger partial charge in [0.15, 0.2) is 0 Å². The number of carbonyl (C=O) groups excluding carboxylic acids is 1. The lowest BCUT2D eigenvalue weighted by molar-refractivity contribution is -0.141. The molecule has 3 nitrogen and oxygen atoms in total. The van der Waals surface area contributed by atoms with Crippen LogP contribution in [0.3, 0.4) is 0 Å². The minimum atomic E-state index is -0.997. The maximum atomic E-state index is 11.3. The highest BCUT2D eigenvalue weighted by Gasteiger charge is 2.25. The molecular formula is C10H16O3. The molecule has 0 aromatic rings. The number of Topliss-reactive ketones (excluding diaryl/α,β-unsaturated/α-hetero) is 1. The highest BCUT2D eigenvalue weighted by Crippen LogP contribution is 2.29. The second kappa shape index (κ2) is 4.40. The van der Waals surface area contributed by atoms with E-state index in [0.29, 0.717) is 5.92 Å². The van der Waals surface area contributed by atoms with E-state index < -0.39 is 5.97 Å². The molecule has 1 aliphatic carbocycles. The molecule has 0 aliphatic heterocycles. The Morgan fingerprint density at radius 1 is 1.23 bits per heavy atom. The van der Waals surface area contributed by atoms with Gasteiger partial charge in [0.05, 0.1) is 0 Å². The monoisotopic (exact) mass is 184 g/mol. The normalized spacial score (nSPS) is 28.4. The van der Waals surface area contributed by atoms with E-state index in [1.54, 1.807) is 0 Å². The average molecular weight is 184 g/mol. The highest BCUT2D eigenvalue weighted by molar-refractivity contribution is 5.96. The summed E-state index contributed by atoms with van der Waals surface area (Å²) >= 11 is 0. The van der Waals surface area contributed by atoms with Crippen LogP contribution in [-0.4, -0.2) is 16.9 Å². The van der Waals surface area contributed by atoms with Crippen LogP contribution < -0.4 is 0 Å². The zero-order chi connectivity index (χ0) is 9.84. The summed E-state index contributed by atoms with van der Waals surface area (Å²) in [6.07, 6.45) is 3.60. The Morgan fingerprint density at radius 3 is 2.23 bits per heavy atom. The van der Waals surface area contributed by atoms with Gasteiger partial charge in [0, 0.05) is 5.92 Å². The van der Waals surface area contributed by atoms with E-state index in [1.165, 1.54) is 0 Å². The van der Waals surface area contributed by atoms with Gasteiger partial charge in [-0.25, -0.2) is 0 Å². The van der Waals surface area contributed by atoms with Gasteiger partial charge in [-0.15, -0.1) is 0 Å². The van der Waals surface area contributed by atoms with Crippen molar-refractivity contribution >= 4 is 11.8 Å². The summed E-state index contributed by atoms with van der Waals surface area (Å²) in [7, 11) is 0. The number of ketones is 1. The van der Waals surface area contributed by atoms with Crippen LogP contribution in [0.4, 0.5) is 0 Å². The Bertz CT molecular complexity index is 202. The largest absolute Gasteiger partial charge is 0.481 e. The Hall–Kier alpha value is -0.860. The summed E-state index contributed by atoms with van der Waals surface area (Å²) in [5, 5.41) is 8.45. The molecule has 1 saturated carbocycles. The molecular weight excluding hydrogens is 168 g/mol. The second-order valence-corrected chi connectivity index (χ2v) is 3.99. The van der Waals surface area contributed by atoms with Gasteiger partial charge in [0.1, 0.15) is 12.2 Å². The van der Waals surface area contributed by atoms with Crippen molar-refractivity contribution in [2.24, 2.45) is 11.8 Å². The van der Waals surface area contributed by atoms with E-state index in [0.717, 1.165) is 25.7 Å². The molecule has 0 heterocycles. The first-order chi connectivity index (χ1) is 6.09. The van der Waals surface area contributed by atoms with E-state index in [2.05, 4.69) is 6.92 Å². The van der Waals surface area contributed by atoms with E-state index in [9.17, 15) is 9.59 Å². The van der Waals surface area contributed by atoms with E-state index >= 15 is 0 Å². The maximum absolute atomic E-state index is 11.3. The fourth-order valence-corrected chi connectivity index (χ4v) is 1.88. The standard InChI is InChI=1S/C10H16O3/c1-7-2-4-8(5-3-7)9(11)6-10(12)13/h7-8H,2-6H2,1H3,(H,12,13). The second-order valence-electron chi connectivity index (χ2n) is 3.99.